The summed E-state index contributed by atoms with van der Waals surface area (Å²) in [5, 5.41) is 3.75. The average molecular weight is 416 g/mol. The lowest BCUT2D eigenvalue weighted by Crippen LogP contribution is -2.28. The molecule has 0 spiro atoms. The van der Waals surface area contributed by atoms with Gasteiger partial charge in [-0.15, -0.1) is 0 Å². The van der Waals surface area contributed by atoms with Crippen molar-refractivity contribution in [2.24, 2.45) is 10.7 Å². The van der Waals surface area contributed by atoms with Crippen LogP contribution in [0.15, 0.2) is 59.6 Å². The molecule has 1 atom stereocenters. The Morgan fingerprint density at radius 3 is 2.75 bits per heavy atom. The number of benzene rings is 2. The number of hydrogen-bond donors (Lipinski definition) is 2. The van der Waals surface area contributed by atoms with Gasteiger partial charge in [0.15, 0.2) is 5.17 Å². The molecule has 28 heavy (non-hydrogen) atoms. The van der Waals surface area contributed by atoms with Gasteiger partial charge in [-0.05, 0) is 54.8 Å². The molecule has 0 aromatic heterocycles. The fraction of sp³-hybridized carbons (Fsp3) is 0.238. The second kappa shape index (κ2) is 8.71. The van der Waals surface area contributed by atoms with Crippen molar-refractivity contribution in [3.63, 3.8) is 0 Å². The van der Waals surface area contributed by atoms with Crippen molar-refractivity contribution in [1.29, 1.82) is 0 Å². The number of carbonyl (C=O) groups excluding carboxylic acids is 1. The van der Waals surface area contributed by atoms with E-state index >= 15 is 0 Å². The molecule has 2 aromatic carbocycles. The van der Waals surface area contributed by atoms with Gasteiger partial charge in [0.1, 0.15) is 5.75 Å². The Bertz CT molecular complexity index is 928. The van der Waals surface area contributed by atoms with E-state index < -0.39 is 0 Å². The minimum Gasteiger partial charge on any atom is -0.497 e. The van der Waals surface area contributed by atoms with E-state index in [-0.39, 0.29) is 11.4 Å². The number of nitrogens with two attached hydrogens (primary N) is 1. The van der Waals surface area contributed by atoms with Gasteiger partial charge in [-0.25, -0.2) is 0 Å². The van der Waals surface area contributed by atoms with Crippen molar-refractivity contribution < 1.29 is 9.53 Å². The topological polar surface area (TPSA) is 76.7 Å². The van der Waals surface area contributed by atoms with Crippen molar-refractivity contribution in [2.75, 3.05) is 18.2 Å². The number of nitrogens with zero attached hydrogens (tertiary/aromatic N) is 1. The van der Waals surface area contributed by atoms with E-state index in [0.717, 1.165) is 29.1 Å². The molecule has 1 heterocycles. The van der Waals surface area contributed by atoms with E-state index in [0.29, 0.717) is 15.9 Å². The predicted octanol–water partition coefficient (Wildman–Crippen LogP) is 4.58. The standard InChI is InChI=1S/C21H22ClN3O2S/c1-21(10-11-28-20(23)25-21)15-5-3-4-14(12-15)18(22)13-19(26)24-16-6-8-17(27-2)9-7-16/h3-9,12-13H,10-11H2,1-2H3,(H2,23,25)(H,24,26). The maximum atomic E-state index is 12.3. The summed E-state index contributed by atoms with van der Waals surface area (Å²) in [4.78, 5) is 16.9. The normalized spacial score (nSPS) is 19.7. The van der Waals surface area contributed by atoms with E-state index in [1.165, 1.54) is 6.08 Å². The lowest BCUT2D eigenvalue weighted by molar-refractivity contribution is -0.111. The van der Waals surface area contributed by atoms with Crippen LogP contribution in [0.25, 0.3) is 5.03 Å². The largest absolute Gasteiger partial charge is 0.497 e. The third-order valence-corrected chi connectivity index (χ3v) is 5.69. The summed E-state index contributed by atoms with van der Waals surface area (Å²) in [5.74, 6) is 1.34. The summed E-state index contributed by atoms with van der Waals surface area (Å²) in [6, 6.07) is 14.9. The summed E-state index contributed by atoms with van der Waals surface area (Å²) < 4.78 is 5.11. The smallest absolute Gasteiger partial charge is 0.249 e. The molecule has 0 saturated carbocycles. The Hall–Kier alpha value is -2.44. The first-order chi connectivity index (χ1) is 13.4. The maximum absolute atomic E-state index is 12.3. The van der Waals surface area contributed by atoms with Crippen LogP contribution in [0, 0.1) is 0 Å². The van der Waals surface area contributed by atoms with Crippen LogP contribution >= 0.6 is 23.4 Å². The van der Waals surface area contributed by atoms with Gasteiger partial charge < -0.3 is 15.8 Å². The van der Waals surface area contributed by atoms with Gasteiger partial charge in [-0.3, -0.25) is 9.79 Å². The van der Waals surface area contributed by atoms with E-state index in [1.807, 2.05) is 24.3 Å². The van der Waals surface area contributed by atoms with Crippen molar-refractivity contribution >= 4 is 45.2 Å². The molecular weight excluding hydrogens is 394 g/mol. The Balaban J connectivity index is 1.77. The Kier molecular flexibility index (Phi) is 6.31. The van der Waals surface area contributed by atoms with E-state index in [1.54, 1.807) is 43.1 Å². The summed E-state index contributed by atoms with van der Waals surface area (Å²) in [6.45, 7) is 2.06. The number of hydrogen-bond acceptors (Lipinski definition) is 5. The van der Waals surface area contributed by atoms with Crippen molar-refractivity contribution in [2.45, 2.75) is 18.9 Å². The quantitative estimate of drug-likeness (QED) is 0.700. The van der Waals surface area contributed by atoms with Crippen LogP contribution in [-0.4, -0.2) is 23.9 Å². The molecule has 0 fully saturated rings. The van der Waals surface area contributed by atoms with Gasteiger partial charge >= 0.3 is 0 Å². The fourth-order valence-corrected chi connectivity index (χ4v) is 4.14. The first kappa shape index (κ1) is 20.3. The van der Waals surface area contributed by atoms with E-state index in [4.69, 9.17) is 22.1 Å². The molecule has 7 heteroatoms. The monoisotopic (exact) mass is 415 g/mol. The van der Waals surface area contributed by atoms with Crippen LogP contribution in [0.2, 0.25) is 0 Å². The van der Waals surface area contributed by atoms with Gasteiger partial charge in [0, 0.05) is 17.5 Å². The third kappa shape index (κ3) is 4.88. The second-order valence-electron chi connectivity index (χ2n) is 6.61. The number of thioether (sulfide) groups is 1. The molecule has 3 rings (SSSR count). The molecule has 0 radical (unpaired) electrons. The number of methoxy groups -OCH3 is 1. The third-order valence-electron chi connectivity index (χ3n) is 4.57. The molecule has 1 unspecified atom stereocenters. The highest BCUT2D eigenvalue weighted by Gasteiger charge is 2.29. The highest BCUT2D eigenvalue weighted by atomic mass is 35.5. The first-order valence-corrected chi connectivity index (χ1v) is 10.2. The number of anilines is 1. The fourth-order valence-electron chi connectivity index (χ4n) is 2.95. The Morgan fingerprint density at radius 2 is 2.07 bits per heavy atom. The molecule has 0 aliphatic carbocycles. The zero-order valence-electron chi connectivity index (χ0n) is 15.7. The lowest BCUT2D eigenvalue weighted by Gasteiger charge is -2.30. The summed E-state index contributed by atoms with van der Waals surface area (Å²) in [7, 11) is 1.59. The molecule has 5 nitrogen and oxygen atoms in total. The highest BCUT2D eigenvalue weighted by molar-refractivity contribution is 8.13. The minimum absolute atomic E-state index is 0.303. The highest BCUT2D eigenvalue weighted by Crippen LogP contribution is 2.36. The first-order valence-electron chi connectivity index (χ1n) is 8.81. The van der Waals surface area contributed by atoms with Gasteiger partial charge in [0.2, 0.25) is 5.91 Å². The van der Waals surface area contributed by atoms with Crippen LogP contribution in [0.4, 0.5) is 5.69 Å². The van der Waals surface area contributed by atoms with Crippen LogP contribution < -0.4 is 15.8 Å². The minimum atomic E-state index is -0.381. The number of nitrogens with one attached hydrogen (secondary N) is 1. The zero-order chi connectivity index (χ0) is 20.1. The summed E-state index contributed by atoms with van der Waals surface area (Å²) in [6.07, 6.45) is 2.27. The Labute approximate surface area is 174 Å². The van der Waals surface area contributed by atoms with Crippen molar-refractivity contribution in [1.82, 2.24) is 0 Å². The molecule has 0 saturated heterocycles. The summed E-state index contributed by atoms with van der Waals surface area (Å²) in [5.41, 5.74) is 7.99. The number of amides is 1. The molecule has 0 bridgehead atoms. The van der Waals surface area contributed by atoms with Gasteiger partial charge in [0.25, 0.3) is 0 Å². The van der Waals surface area contributed by atoms with Crippen LogP contribution in [-0.2, 0) is 10.3 Å². The maximum Gasteiger partial charge on any atom is 0.249 e. The molecule has 1 amide bonds. The molecule has 3 N–H and O–H groups in total. The van der Waals surface area contributed by atoms with Crippen molar-refractivity contribution in [3.8, 4) is 5.75 Å². The number of ether oxygens (including phenoxy) is 1. The van der Waals surface area contributed by atoms with E-state index in [9.17, 15) is 4.79 Å². The molecule has 146 valence electrons. The zero-order valence-corrected chi connectivity index (χ0v) is 17.3. The SMILES string of the molecule is COc1ccc(NC(=O)C=C(Cl)c2cccc(C3(C)CCSC(N)=N3)c2)cc1. The van der Waals surface area contributed by atoms with Gasteiger partial charge in [-0.2, -0.15) is 0 Å². The lowest BCUT2D eigenvalue weighted by atomic mass is 9.89. The number of amidine groups is 1. The number of aliphatic imine (C=N–C) groups is 1. The Morgan fingerprint density at radius 1 is 1.32 bits per heavy atom. The second-order valence-corrected chi connectivity index (χ2v) is 8.14. The van der Waals surface area contributed by atoms with Crippen LogP contribution in [0.3, 0.4) is 0 Å². The van der Waals surface area contributed by atoms with Crippen LogP contribution in [0.1, 0.15) is 24.5 Å². The molecule has 2 aromatic rings. The van der Waals surface area contributed by atoms with Gasteiger partial charge in [-0.1, -0.05) is 41.6 Å². The van der Waals surface area contributed by atoms with E-state index in [2.05, 4.69) is 17.2 Å². The molecular formula is C21H22ClN3O2S. The van der Waals surface area contributed by atoms with Crippen molar-refractivity contribution in [3.05, 3.63) is 65.7 Å². The molecule has 1 aliphatic heterocycles. The molecule has 1 aliphatic rings. The predicted molar refractivity (Wildman–Crippen MR) is 118 cm³/mol. The average Bonchev–Trinajstić information content (AvgIpc) is 2.68. The summed E-state index contributed by atoms with van der Waals surface area (Å²) >= 11 is 7.98. The number of rotatable bonds is 5. The van der Waals surface area contributed by atoms with Crippen LogP contribution in [0.5, 0.6) is 5.75 Å². The van der Waals surface area contributed by atoms with Gasteiger partial charge in [0.05, 0.1) is 17.7 Å². The number of carbonyl (C=O) groups is 1. The number of halogens is 1.